The molecule has 2 aromatic rings. The lowest BCUT2D eigenvalue weighted by molar-refractivity contribution is 0.102. The number of aromatic nitrogens is 2. The van der Waals surface area contributed by atoms with E-state index in [4.69, 9.17) is 0 Å². The van der Waals surface area contributed by atoms with E-state index in [0.717, 1.165) is 5.56 Å². The molecule has 2 rings (SSSR count). The van der Waals surface area contributed by atoms with Crippen molar-refractivity contribution in [3.05, 3.63) is 56.7 Å². The predicted octanol–water partition coefficient (Wildman–Crippen LogP) is 2.10. The Morgan fingerprint density at radius 2 is 2.11 bits per heavy atom. The van der Waals surface area contributed by atoms with Crippen LogP contribution in [0.3, 0.4) is 0 Å². The van der Waals surface area contributed by atoms with Gasteiger partial charge in [0.05, 0.1) is 15.7 Å². The quantitative estimate of drug-likeness (QED) is 0.921. The van der Waals surface area contributed by atoms with Crippen molar-refractivity contribution in [2.45, 2.75) is 6.92 Å². The molecule has 0 atom stereocenters. The highest BCUT2D eigenvalue weighted by Gasteiger charge is 2.08. The van der Waals surface area contributed by atoms with E-state index in [2.05, 4.69) is 26.2 Å². The SMILES string of the molecule is Cc1cncc(C(=O)Nc2cc(Br)c(=O)n(C)c2)c1. The molecular formula is C13H12BrN3O2. The highest BCUT2D eigenvalue weighted by atomic mass is 79.9. The zero-order chi connectivity index (χ0) is 14.0. The van der Waals surface area contributed by atoms with Crippen LogP contribution >= 0.6 is 15.9 Å². The Labute approximate surface area is 118 Å². The average Bonchev–Trinajstić information content (AvgIpc) is 2.36. The molecule has 0 fully saturated rings. The van der Waals surface area contributed by atoms with E-state index in [-0.39, 0.29) is 11.5 Å². The van der Waals surface area contributed by atoms with Crippen molar-refractivity contribution >= 4 is 27.5 Å². The molecule has 0 bridgehead atoms. The number of nitrogens with one attached hydrogen (secondary N) is 1. The molecule has 1 amide bonds. The van der Waals surface area contributed by atoms with Gasteiger partial charge in [-0.15, -0.1) is 0 Å². The fourth-order valence-corrected chi connectivity index (χ4v) is 2.15. The van der Waals surface area contributed by atoms with E-state index in [1.165, 1.54) is 10.8 Å². The monoisotopic (exact) mass is 321 g/mol. The number of halogens is 1. The lowest BCUT2D eigenvalue weighted by Crippen LogP contribution is -2.19. The molecule has 1 N–H and O–H groups in total. The standard InChI is InChI=1S/C13H12BrN3O2/c1-8-3-9(6-15-5-8)12(18)16-10-4-11(14)13(19)17(2)7-10/h3-7H,1-2H3,(H,16,18). The van der Waals surface area contributed by atoms with Crippen molar-refractivity contribution in [3.63, 3.8) is 0 Å². The highest BCUT2D eigenvalue weighted by Crippen LogP contribution is 2.13. The van der Waals surface area contributed by atoms with E-state index in [1.54, 1.807) is 31.6 Å². The van der Waals surface area contributed by atoms with Gasteiger partial charge in [-0.3, -0.25) is 14.6 Å². The number of rotatable bonds is 2. The topological polar surface area (TPSA) is 64.0 Å². The van der Waals surface area contributed by atoms with Gasteiger partial charge in [-0.1, -0.05) is 0 Å². The molecule has 6 heteroatoms. The minimum Gasteiger partial charge on any atom is -0.321 e. The summed E-state index contributed by atoms with van der Waals surface area (Å²) in [4.78, 5) is 27.5. The summed E-state index contributed by atoms with van der Waals surface area (Å²) in [7, 11) is 1.62. The molecular weight excluding hydrogens is 310 g/mol. The first-order chi connectivity index (χ1) is 8.97. The van der Waals surface area contributed by atoms with Crippen molar-refractivity contribution in [1.82, 2.24) is 9.55 Å². The number of pyridine rings is 2. The Morgan fingerprint density at radius 1 is 1.37 bits per heavy atom. The van der Waals surface area contributed by atoms with Crippen LogP contribution in [-0.4, -0.2) is 15.5 Å². The molecule has 5 nitrogen and oxygen atoms in total. The number of amides is 1. The van der Waals surface area contributed by atoms with Gasteiger partial charge in [-0.05, 0) is 40.5 Å². The smallest absolute Gasteiger partial charge is 0.264 e. The maximum Gasteiger partial charge on any atom is 0.264 e. The van der Waals surface area contributed by atoms with Gasteiger partial charge in [0.1, 0.15) is 0 Å². The molecule has 0 aromatic carbocycles. The summed E-state index contributed by atoms with van der Waals surface area (Å²) in [6.07, 6.45) is 4.74. The Morgan fingerprint density at radius 3 is 2.74 bits per heavy atom. The van der Waals surface area contributed by atoms with Crippen LogP contribution in [0.15, 0.2) is 40.0 Å². The number of nitrogens with zero attached hydrogens (tertiary/aromatic N) is 2. The molecule has 0 unspecified atom stereocenters. The molecule has 0 saturated carbocycles. The molecule has 2 heterocycles. The minimum atomic E-state index is -0.262. The van der Waals surface area contributed by atoms with Gasteiger partial charge in [-0.2, -0.15) is 0 Å². The van der Waals surface area contributed by atoms with Crippen LogP contribution in [0.1, 0.15) is 15.9 Å². The number of carbonyl (C=O) groups excluding carboxylic acids is 1. The summed E-state index contributed by atoms with van der Waals surface area (Å²) < 4.78 is 1.80. The summed E-state index contributed by atoms with van der Waals surface area (Å²) in [5.41, 5.74) is 1.77. The zero-order valence-corrected chi connectivity index (χ0v) is 12.1. The molecule has 0 spiro atoms. The molecule has 0 radical (unpaired) electrons. The molecule has 98 valence electrons. The summed E-state index contributed by atoms with van der Waals surface area (Å²) in [5, 5.41) is 2.73. The number of carbonyl (C=O) groups is 1. The van der Waals surface area contributed by atoms with Gasteiger partial charge < -0.3 is 9.88 Å². The number of hydrogen-bond donors (Lipinski definition) is 1. The fraction of sp³-hybridized carbons (Fsp3) is 0.154. The van der Waals surface area contributed by atoms with Gasteiger partial charge in [-0.25, -0.2) is 0 Å². The Kier molecular flexibility index (Phi) is 3.80. The second-order valence-electron chi connectivity index (χ2n) is 4.20. The van der Waals surface area contributed by atoms with Crippen molar-refractivity contribution in [1.29, 1.82) is 0 Å². The molecule has 0 aliphatic rings. The molecule has 19 heavy (non-hydrogen) atoms. The summed E-state index contributed by atoms with van der Waals surface area (Å²) in [6, 6.07) is 3.32. The third-order valence-electron chi connectivity index (χ3n) is 2.53. The van der Waals surface area contributed by atoms with Crippen molar-refractivity contribution in [3.8, 4) is 0 Å². The molecule has 0 aliphatic heterocycles. The third-order valence-corrected chi connectivity index (χ3v) is 3.10. The van der Waals surface area contributed by atoms with Crippen LogP contribution in [-0.2, 0) is 7.05 Å². The normalized spacial score (nSPS) is 10.3. The first-order valence-electron chi connectivity index (χ1n) is 5.56. The van der Waals surface area contributed by atoms with E-state index in [9.17, 15) is 9.59 Å². The third kappa shape index (κ3) is 3.08. The number of aryl methyl sites for hydroxylation is 2. The second-order valence-corrected chi connectivity index (χ2v) is 5.05. The van der Waals surface area contributed by atoms with E-state index >= 15 is 0 Å². The Balaban J connectivity index is 2.27. The van der Waals surface area contributed by atoms with Crippen LogP contribution in [0.5, 0.6) is 0 Å². The van der Waals surface area contributed by atoms with E-state index in [1.807, 2.05) is 6.92 Å². The van der Waals surface area contributed by atoms with Gasteiger partial charge >= 0.3 is 0 Å². The van der Waals surface area contributed by atoms with E-state index in [0.29, 0.717) is 15.7 Å². The van der Waals surface area contributed by atoms with Crippen LogP contribution < -0.4 is 10.9 Å². The van der Waals surface area contributed by atoms with Crippen molar-refractivity contribution < 1.29 is 4.79 Å². The maximum absolute atomic E-state index is 12.0. The largest absolute Gasteiger partial charge is 0.321 e. The van der Waals surface area contributed by atoms with Crippen LogP contribution in [0.4, 0.5) is 5.69 Å². The minimum absolute atomic E-state index is 0.157. The van der Waals surface area contributed by atoms with Crippen molar-refractivity contribution in [2.75, 3.05) is 5.32 Å². The highest BCUT2D eigenvalue weighted by molar-refractivity contribution is 9.10. The predicted molar refractivity (Wildman–Crippen MR) is 76.3 cm³/mol. The summed E-state index contributed by atoms with van der Waals surface area (Å²) >= 11 is 3.16. The molecule has 0 saturated heterocycles. The zero-order valence-electron chi connectivity index (χ0n) is 10.5. The lowest BCUT2D eigenvalue weighted by Gasteiger charge is -2.07. The number of anilines is 1. The molecule has 0 aliphatic carbocycles. The second kappa shape index (κ2) is 5.36. The summed E-state index contributed by atoms with van der Waals surface area (Å²) in [5.74, 6) is -0.262. The first-order valence-corrected chi connectivity index (χ1v) is 6.36. The average molecular weight is 322 g/mol. The lowest BCUT2D eigenvalue weighted by atomic mass is 10.2. The van der Waals surface area contributed by atoms with Crippen LogP contribution in [0.25, 0.3) is 0 Å². The van der Waals surface area contributed by atoms with Crippen LogP contribution in [0, 0.1) is 6.92 Å². The maximum atomic E-state index is 12.0. The van der Waals surface area contributed by atoms with Gasteiger partial charge in [0.2, 0.25) is 0 Å². The Hall–Kier alpha value is -1.95. The number of hydrogen-bond acceptors (Lipinski definition) is 3. The Bertz CT molecular complexity index is 668. The van der Waals surface area contributed by atoms with Gasteiger partial charge in [0, 0.05) is 25.6 Å². The first kappa shape index (κ1) is 13.5. The molecule has 2 aromatic heterocycles. The van der Waals surface area contributed by atoms with Gasteiger partial charge in [0.15, 0.2) is 0 Å². The van der Waals surface area contributed by atoms with E-state index < -0.39 is 0 Å². The van der Waals surface area contributed by atoms with Crippen molar-refractivity contribution in [2.24, 2.45) is 7.05 Å². The van der Waals surface area contributed by atoms with Crippen LogP contribution in [0.2, 0.25) is 0 Å². The van der Waals surface area contributed by atoms with Gasteiger partial charge in [0.25, 0.3) is 11.5 Å². The fourth-order valence-electron chi connectivity index (χ4n) is 1.62. The summed E-state index contributed by atoms with van der Waals surface area (Å²) in [6.45, 7) is 1.87.